The van der Waals surface area contributed by atoms with E-state index >= 15 is 0 Å². The number of phenolic OH excluding ortho intramolecular Hbond substituents is 1. The van der Waals surface area contributed by atoms with Gasteiger partial charge in [-0.15, -0.1) is 5.11 Å². The summed E-state index contributed by atoms with van der Waals surface area (Å²) in [6, 6.07) is 12.8. The molecule has 0 aliphatic rings. The molecule has 0 atom stereocenters. The minimum absolute atomic E-state index is 0. The van der Waals surface area contributed by atoms with Crippen molar-refractivity contribution in [1.29, 1.82) is 0 Å². The molecule has 0 saturated heterocycles. The van der Waals surface area contributed by atoms with Crippen LogP contribution >= 0.6 is 0 Å². The number of aliphatic hydroxyl groups is 1. The zero-order valence-corrected chi connectivity index (χ0v) is 16.4. The van der Waals surface area contributed by atoms with Gasteiger partial charge in [0, 0.05) is 10.8 Å². The fourth-order valence-corrected chi connectivity index (χ4v) is 4.31. The summed E-state index contributed by atoms with van der Waals surface area (Å²) in [6.07, 6.45) is 0. The first-order valence-corrected chi connectivity index (χ1v) is 11.3. The van der Waals surface area contributed by atoms with E-state index in [9.17, 15) is 26.5 Å². The molecule has 30 heavy (non-hydrogen) atoms. The molecule has 3 aromatic carbocycles. The second kappa shape index (κ2) is 9.93. The van der Waals surface area contributed by atoms with Crippen molar-refractivity contribution < 1.29 is 31.6 Å². The van der Waals surface area contributed by atoms with Crippen LogP contribution < -0.4 is 0 Å². The maximum absolute atomic E-state index is 11.9. The Morgan fingerprint density at radius 1 is 0.867 bits per heavy atom. The molecule has 0 unspecified atom stereocenters. The van der Waals surface area contributed by atoms with Crippen LogP contribution in [0.1, 0.15) is 0 Å². The molecule has 0 heterocycles. The molecule has 3 N–H and O–H groups in total. The molecule has 0 fully saturated rings. The van der Waals surface area contributed by atoms with E-state index in [1.807, 2.05) is 0 Å². The zero-order chi connectivity index (χ0) is 21.2. The molecule has 3 rings (SSSR count). The Hall–Kier alpha value is -1.22. The van der Waals surface area contributed by atoms with Crippen molar-refractivity contribution >= 4 is 93.5 Å². The Bertz CT molecular complexity index is 1310. The van der Waals surface area contributed by atoms with Crippen molar-refractivity contribution in [2.24, 2.45) is 10.2 Å². The van der Waals surface area contributed by atoms with Gasteiger partial charge in [-0.25, -0.2) is 8.42 Å². The van der Waals surface area contributed by atoms with E-state index in [-0.39, 0.29) is 67.4 Å². The van der Waals surface area contributed by atoms with Gasteiger partial charge in [0.15, 0.2) is 9.84 Å². The third-order valence-electron chi connectivity index (χ3n) is 4.07. The Labute approximate surface area is 215 Å². The fourth-order valence-electron chi connectivity index (χ4n) is 2.67. The van der Waals surface area contributed by atoms with E-state index < -0.39 is 43.0 Å². The van der Waals surface area contributed by atoms with Crippen molar-refractivity contribution in [2.45, 2.75) is 9.79 Å². The summed E-state index contributed by atoms with van der Waals surface area (Å²) in [5.74, 6) is -0.994. The Balaban J connectivity index is 0.00000320. The molecule has 0 spiro atoms. The molecule has 0 aliphatic carbocycles. The number of rotatable bonds is 6. The van der Waals surface area contributed by atoms with Gasteiger partial charge in [-0.2, -0.15) is 13.5 Å². The van der Waals surface area contributed by atoms with Gasteiger partial charge in [-0.3, -0.25) is 4.55 Å². The predicted octanol–water partition coefficient (Wildman–Crippen LogP) is 2.33. The number of sulfone groups is 1. The maximum atomic E-state index is 11.9. The van der Waals surface area contributed by atoms with Crippen LogP contribution in [0.2, 0.25) is 0 Å². The van der Waals surface area contributed by atoms with E-state index in [1.54, 1.807) is 18.2 Å². The van der Waals surface area contributed by atoms with Gasteiger partial charge in [0.25, 0.3) is 10.1 Å². The number of phenols is 1. The normalized spacial score (nSPS) is 12.2. The Kier molecular flexibility index (Phi) is 8.29. The molecule has 154 valence electrons. The van der Waals surface area contributed by atoms with Crippen LogP contribution in [0.3, 0.4) is 0 Å². The van der Waals surface area contributed by atoms with Gasteiger partial charge in [-0.05, 0) is 30.3 Å². The van der Waals surface area contributed by atoms with Gasteiger partial charge in [-0.1, -0.05) is 24.3 Å². The quantitative estimate of drug-likeness (QED) is 0.280. The average Bonchev–Trinajstić information content (AvgIpc) is 2.67. The van der Waals surface area contributed by atoms with Crippen LogP contribution in [-0.2, 0) is 20.0 Å². The fraction of sp³-hybridized carbons (Fsp3) is 0.111. The summed E-state index contributed by atoms with van der Waals surface area (Å²) >= 11 is 0. The summed E-state index contributed by atoms with van der Waals surface area (Å²) in [5.41, 5.74) is 0.376. The minimum atomic E-state index is -4.70. The average molecular weight is 477 g/mol. The van der Waals surface area contributed by atoms with Gasteiger partial charge in [0.1, 0.15) is 10.6 Å². The second-order valence-corrected chi connectivity index (χ2v) is 9.50. The summed E-state index contributed by atoms with van der Waals surface area (Å²) in [7, 11) is -8.29. The monoisotopic (exact) mass is 476 g/mol. The van der Waals surface area contributed by atoms with E-state index in [0.717, 1.165) is 6.07 Å². The topological polar surface area (TPSA) is 154 Å². The van der Waals surface area contributed by atoms with E-state index in [2.05, 4.69) is 10.2 Å². The molecule has 3 aromatic rings. The molecular weight excluding hydrogens is 459 g/mol. The molecule has 12 heteroatoms. The van der Waals surface area contributed by atoms with Gasteiger partial charge >= 0.3 is 51.4 Å². The number of hydrogen-bond acceptors (Lipinski definition) is 8. The molecule has 0 saturated carbocycles. The van der Waals surface area contributed by atoms with Crippen LogP contribution in [0.4, 0.5) is 11.4 Å². The Morgan fingerprint density at radius 2 is 1.47 bits per heavy atom. The van der Waals surface area contributed by atoms with Crippen LogP contribution in [0.15, 0.2) is 74.6 Å². The first-order chi connectivity index (χ1) is 13.6. The summed E-state index contributed by atoms with van der Waals surface area (Å²) in [4.78, 5) is -0.676. The number of nitrogens with zero attached hydrogens (tertiary/aromatic N) is 2. The molecule has 0 amide bonds. The number of aromatic hydroxyl groups is 1. The van der Waals surface area contributed by atoms with Crippen molar-refractivity contribution in [1.82, 2.24) is 0 Å². The molecule has 9 nitrogen and oxygen atoms in total. The van der Waals surface area contributed by atoms with Crippen molar-refractivity contribution in [2.75, 3.05) is 12.4 Å². The number of benzene rings is 3. The number of azo groups is 1. The summed E-state index contributed by atoms with van der Waals surface area (Å²) < 4.78 is 56.3. The van der Waals surface area contributed by atoms with Crippen LogP contribution in [0.25, 0.3) is 10.8 Å². The van der Waals surface area contributed by atoms with Crippen LogP contribution in [0.5, 0.6) is 5.75 Å². The Morgan fingerprint density at radius 3 is 2.03 bits per heavy atom. The van der Waals surface area contributed by atoms with Gasteiger partial charge in [0.05, 0.1) is 28.6 Å². The SMILES string of the molecule is O=S(=O)(O)c1cc(/N=N/c2ccc(S(=O)(=O)CCO)cc2)c2ccccc2c1O.[KH]. The van der Waals surface area contributed by atoms with Crippen LogP contribution in [-0.4, -0.2) is 95.3 Å². The molecule has 0 aromatic heterocycles. The summed E-state index contributed by atoms with van der Waals surface area (Å²) in [6.45, 7) is -0.492. The van der Waals surface area contributed by atoms with E-state index in [0.29, 0.717) is 11.1 Å². The predicted molar refractivity (Wildman–Crippen MR) is 112 cm³/mol. The van der Waals surface area contributed by atoms with Crippen molar-refractivity contribution in [3.8, 4) is 5.75 Å². The van der Waals surface area contributed by atoms with Gasteiger partial charge < -0.3 is 10.2 Å². The number of hydrogen-bond donors (Lipinski definition) is 3. The third-order valence-corrected chi connectivity index (χ3v) is 6.64. The summed E-state index contributed by atoms with van der Waals surface area (Å²) in [5, 5.41) is 27.5. The molecule has 0 radical (unpaired) electrons. The molecule has 0 bridgehead atoms. The van der Waals surface area contributed by atoms with Crippen molar-refractivity contribution in [3.63, 3.8) is 0 Å². The van der Waals surface area contributed by atoms with Gasteiger partial charge in [0.2, 0.25) is 0 Å². The number of aliphatic hydroxyl groups excluding tert-OH is 1. The molecular formula is C18H17KN2O7S2. The third kappa shape index (κ3) is 5.52. The van der Waals surface area contributed by atoms with Crippen LogP contribution in [0, 0.1) is 0 Å². The van der Waals surface area contributed by atoms with Crippen molar-refractivity contribution in [3.05, 3.63) is 54.6 Å². The van der Waals surface area contributed by atoms with E-state index in [4.69, 9.17) is 5.11 Å². The zero-order valence-electron chi connectivity index (χ0n) is 14.8. The number of fused-ring (bicyclic) bond motifs is 1. The molecule has 0 aliphatic heterocycles. The second-order valence-electron chi connectivity index (χ2n) is 6.00. The van der Waals surface area contributed by atoms with E-state index in [1.165, 1.54) is 30.3 Å². The first kappa shape index (κ1) is 25.0. The standard InChI is InChI=1S/C18H16N2O7S2.K.H/c21-9-10-28(23,24)13-7-5-12(6-8-13)19-20-16-11-17(29(25,26)27)18(22)15-4-2-1-3-14(15)16;;/h1-8,11,21-22H,9-10H2,(H,25,26,27);;/b20-19+;;. The first-order valence-electron chi connectivity index (χ1n) is 8.21.